The summed E-state index contributed by atoms with van der Waals surface area (Å²) in [5.41, 5.74) is -0.199. The summed E-state index contributed by atoms with van der Waals surface area (Å²) in [6.45, 7) is 7.27. The van der Waals surface area contributed by atoms with Crippen molar-refractivity contribution in [2.75, 3.05) is 6.54 Å². The molecule has 0 rings (SSSR count). The Kier molecular flexibility index (Phi) is 10.2. The van der Waals surface area contributed by atoms with E-state index in [0.29, 0.717) is 0 Å². The van der Waals surface area contributed by atoms with Gasteiger partial charge in [0.2, 0.25) is 0 Å². The van der Waals surface area contributed by atoms with E-state index in [-0.39, 0.29) is 5.54 Å². The highest BCUT2D eigenvalue weighted by Gasteiger charge is 2.12. The highest BCUT2D eigenvalue weighted by atomic mass is 16.4. The molecule has 0 aliphatic heterocycles. The van der Waals surface area contributed by atoms with Crippen LogP contribution < -0.4 is 5.32 Å². The summed E-state index contributed by atoms with van der Waals surface area (Å²) < 4.78 is 0. The third-order valence-electron chi connectivity index (χ3n) is 2.99. The van der Waals surface area contributed by atoms with Crippen molar-refractivity contribution < 1.29 is 5.21 Å². The zero-order chi connectivity index (χ0) is 13.0. The van der Waals surface area contributed by atoms with Crippen molar-refractivity contribution in [2.45, 2.75) is 77.7 Å². The maximum absolute atomic E-state index is 8.47. The summed E-state index contributed by atoms with van der Waals surface area (Å²) in [4.78, 5) is 0. The molecule has 0 aromatic carbocycles. The number of nitrogens with one attached hydrogen (secondary N) is 1. The van der Waals surface area contributed by atoms with Crippen LogP contribution in [-0.2, 0) is 0 Å². The Morgan fingerprint density at radius 1 is 1.00 bits per heavy atom. The van der Waals surface area contributed by atoms with Crippen molar-refractivity contribution in [3.05, 3.63) is 0 Å². The monoisotopic (exact) mass is 242 g/mol. The zero-order valence-electron chi connectivity index (χ0n) is 11.8. The second-order valence-electron chi connectivity index (χ2n) is 5.37. The molecule has 3 nitrogen and oxygen atoms in total. The summed E-state index contributed by atoms with van der Waals surface area (Å²) in [7, 11) is 0. The molecule has 0 aromatic heterocycles. The third-order valence-corrected chi connectivity index (χ3v) is 2.99. The lowest BCUT2D eigenvalue weighted by Crippen LogP contribution is -2.41. The summed E-state index contributed by atoms with van der Waals surface area (Å²) >= 11 is 0. The minimum atomic E-state index is -0.199. The van der Waals surface area contributed by atoms with Crippen LogP contribution in [0.1, 0.15) is 72.1 Å². The van der Waals surface area contributed by atoms with Crippen LogP contribution in [0.4, 0.5) is 0 Å². The van der Waals surface area contributed by atoms with Gasteiger partial charge in [-0.3, -0.25) is 0 Å². The van der Waals surface area contributed by atoms with E-state index >= 15 is 0 Å². The van der Waals surface area contributed by atoms with Gasteiger partial charge in [0, 0.05) is 0 Å². The lowest BCUT2D eigenvalue weighted by atomic mass is 10.1. The van der Waals surface area contributed by atoms with Crippen molar-refractivity contribution in [3.63, 3.8) is 0 Å². The van der Waals surface area contributed by atoms with Gasteiger partial charge in [-0.05, 0) is 26.8 Å². The Hall–Kier alpha value is -0.570. The van der Waals surface area contributed by atoms with Gasteiger partial charge in [0.05, 0.1) is 11.8 Å². The topological polar surface area (TPSA) is 44.6 Å². The molecule has 0 amide bonds. The van der Waals surface area contributed by atoms with Gasteiger partial charge in [-0.25, -0.2) is 0 Å². The van der Waals surface area contributed by atoms with Gasteiger partial charge < -0.3 is 10.5 Å². The average Bonchev–Trinajstić information content (AvgIpc) is 2.27. The Morgan fingerprint density at radius 3 is 2.06 bits per heavy atom. The first-order valence-electron chi connectivity index (χ1n) is 7.06. The number of rotatable bonds is 11. The van der Waals surface area contributed by atoms with Crippen LogP contribution in [0.5, 0.6) is 0 Å². The SMILES string of the molecule is CCCCCCCCCCNC(C)(C)/C=N/O. The third kappa shape index (κ3) is 11.7. The highest BCUT2D eigenvalue weighted by Crippen LogP contribution is 2.08. The zero-order valence-corrected chi connectivity index (χ0v) is 11.8. The second-order valence-corrected chi connectivity index (χ2v) is 5.37. The van der Waals surface area contributed by atoms with Crippen LogP contribution in [0.15, 0.2) is 5.16 Å². The quantitative estimate of drug-likeness (QED) is 0.249. The predicted octanol–water partition coefficient (Wildman–Crippen LogP) is 3.96. The van der Waals surface area contributed by atoms with E-state index in [4.69, 9.17) is 5.21 Å². The van der Waals surface area contributed by atoms with Gasteiger partial charge in [-0.2, -0.15) is 0 Å². The molecular weight excluding hydrogens is 212 g/mol. The minimum Gasteiger partial charge on any atom is -0.411 e. The van der Waals surface area contributed by atoms with Crippen molar-refractivity contribution in [1.29, 1.82) is 0 Å². The molecule has 0 aromatic rings. The number of nitrogens with zero attached hydrogens (tertiary/aromatic N) is 1. The molecule has 0 spiro atoms. The molecule has 2 N–H and O–H groups in total. The van der Waals surface area contributed by atoms with Crippen LogP contribution in [0.25, 0.3) is 0 Å². The van der Waals surface area contributed by atoms with Crippen LogP contribution in [0.2, 0.25) is 0 Å². The standard InChI is InChI=1S/C14H30N2O/c1-4-5-6-7-8-9-10-11-12-15-14(2,3)13-16-17/h13,15,17H,4-12H2,1-3H3/b16-13+. The van der Waals surface area contributed by atoms with Gasteiger partial charge in [-0.1, -0.05) is 51.9 Å². The van der Waals surface area contributed by atoms with Gasteiger partial charge >= 0.3 is 0 Å². The molecule has 102 valence electrons. The molecule has 0 saturated carbocycles. The van der Waals surface area contributed by atoms with Gasteiger partial charge in [0.25, 0.3) is 0 Å². The summed E-state index contributed by atoms with van der Waals surface area (Å²) in [5.74, 6) is 0. The number of hydrogen-bond acceptors (Lipinski definition) is 3. The number of oxime groups is 1. The predicted molar refractivity (Wildman–Crippen MR) is 75.0 cm³/mol. The van der Waals surface area contributed by atoms with Crippen molar-refractivity contribution >= 4 is 6.21 Å². The lowest BCUT2D eigenvalue weighted by molar-refractivity contribution is 0.315. The molecular formula is C14H30N2O. The van der Waals surface area contributed by atoms with Crippen LogP contribution in [0, 0.1) is 0 Å². The van der Waals surface area contributed by atoms with E-state index < -0.39 is 0 Å². The highest BCUT2D eigenvalue weighted by molar-refractivity contribution is 5.68. The molecule has 0 bridgehead atoms. The van der Waals surface area contributed by atoms with Crippen molar-refractivity contribution in [3.8, 4) is 0 Å². The average molecular weight is 242 g/mol. The largest absolute Gasteiger partial charge is 0.411 e. The summed E-state index contributed by atoms with van der Waals surface area (Å²) in [5, 5.41) is 14.9. The van der Waals surface area contributed by atoms with Crippen LogP contribution in [-0.4, -0.2) is 23.5 Å². The Morgan fingerprint density at radius 2 is 1.53 bits per heavy atom. The molecule has 0 atom stereocenters. The smallest absolute Gasteiger partial charge is 0.0631 e. The van der Waals surface area contributed by atoms with E-state index in [2.05, 4.69) is 17.4 Å². The van der Waals surface area contributed by atoms with E-state index in [9.17, 15) is 0 Å². The molecule has 0 heterocycles. The van der Waals surface area contributed by atoms with E-state index in [0.717, 1.165) is 6.54 Å². The fourth-order valence-corrected chi connectivity index (χ4v) is 1.86. The molecule has 0 fully saturated rings. The van der Waals surface area contributed by atoms with E-state index in [1.807, 2.05) is 13.8 Å². The second kappa shape index (κ2) is 10.6. The first-order chi connectivity index (χ1) is 8.12. The Bertz CT molecular complexity index is 191. The Labute approximate surface area is 107 Å². The molecule has 3 heteroatoms. The van der Waals surface area contributed by atoms with Crippen LogP contribution >= 0.6 is 0 Å². The summed E-state index contributed by atoms with van der Waals surface area (Å²) in [6.07, 6.45) is 12.3. The summed E-state index contributed by atoms with van der Waals surface area (Å²) in [6, 6.07) is 0. The maximum atomic E-state index is 8.47. The van der Waals surface area contributed by atoms with Gasteiger partial charge in [0.1, 0.15) is 0 Å². The lowest BCUT2D eigenvalue weighted by Gasteiger charge is -2.20. The number of hydrogen-bond donors (Lipinski definition) is 2. The van der Waals surface area contributed by atoms with E-state index in [1.165, 1.54) is 57.6 Å². The minimum absolute atomic E-state index is 0.199. The van der Waals surface area contributed by atoms with Gasteiger partial charge in [-0.15, -0.1) is 5.16 Å². The fraction of sp³-hybridized carbons (Fsp3) is 0.929. The molecule has 17 heavy (non-hydrogen) atoms. The first kappa shape index (κ1) is 16.4. The van der Waals surface area contributed by atoms with Crippen molar-refractivity contribution in [1.82, 2.24) is 5.32 Å². The molecule has 0 radical (unpaired) electrons. The maximum Gasteiger partial charge on any atom is 0.0631 e. The molecule has 0 aliphatic rings. The number of unbranched alkanes of at least 4 members (excludes halogenated alkanes) is 7. The normalized spacial score (nSPS) is 12.4. The molecule has 0 unspecified atom stereocenters. The fourth-order valence-electron chi connectivity index (χ4n) is 1.86. The molecule has 0 aliphatic carbocycles. The molecule has 0 saturated heterocycles. The van der Waals surface area contributed by atoms with Crippen molar-refractivity contribution in [2.24, 2.45) is 5.16 Å². The van der Waals surface area contributed by atoms with E-state index in [1.54, 1.807) is 0 Å². The van der Waals surface area contributed by atoms with Crippen LogP contribution in [0.3, 0.4) is 0 Å². The van der Waals surface area contributed by atoms with Gasteiger partial charge in [0.15, 0.2) is 0 Å². The Balaban J connectivity index is 3.23. The first-order valence-corrected chi connectivity index (χ1v) is 7.06.